The number of rotatable bonds is 5. The third-order valence-corrected chi connectivity index (χ3v) is 4.74. The summed E-state index contributed by atoms with van der Waals surface area (Å²) in [5, 5.41) is 3.63. The van der Waals surface area contributed by atoms with Crippen molar-refractivity contribution in [1.82, 2.24) is 5.32 Å². The highest BCUT2D eigenvalue weighted by atomic mass is 35.5. The van der Waals surface area contributed by atoms with Crippen molar-refractivity contribution in [1.29, 1.82) is 0 Å². The number of methoxy groups -OCH3 is 1. The van der Waals surface area contributed by atoms with Crippen LogP contribution in [0.15, 0.2) is 18.2 Å². The van der Waals surface area contributed by atoms with Gasteiger partial charge in [0.05, 0.1) is 12.1 Å². The van der Waals surface area contributed by atoms with Crippen LogP contribution in [0.25, 0.3) is 0 Å². The zero-order valence-electron chi connectivity index (χ0n) is 13.7. The average molecular weight is 374 g/mol. The van der Waals surface area contributed by atoms with Gasteiger partial charge in [-0.3, -0.25) is 4.79 Å². The zero-order valence-corrected chi connectivity index (χ0v) is 15.2. The molecular weight excluding hydrogens is 353 g/mol. The molecule has 132 valence electrons. The molecule has 1 amide bonds. The van der Waals surface area contributed by atoms with Crippen molar-refractivity contribution in [2.24, 2.45) is 0 Å². The molecule has 1 aromatic carbocycles. The van der Waals surface area contributed by atoms with Crippen LogP contribution in [0.4, 0.5) is 0 Å². The summed E-state index contributed by atoms with van der Waals surface area (Å²) in [4.78, 5) is 24.7. The Kier molecular flexibility index (Phi) is 6.35. The lowest BCUT2D eigenvalue weighted by Gasteiger charge is -2.35. The Morgan fingerprint density at radius 2 is 1.88 bits per heavy atom. The quantitative estimate of drug-likeness (QED) is 0.798. The molecule has 7 heteroatoms. The minimum atomic E-state index is -0.967. The first kappa shape index (κ1) is 18.9. The normalized spacial score (nSPS) is 17.7. The Hall–Kier alpha value is -1.46. The smallest absolute Gasteiger partial charge is 0.331 e. The maximum Gasteiger partial charge on any atom is 0.331 e. The lowest BCUT2D eigenvalue weighted by atomic mass is 9.81. The molecule has 0 saturated heterocycles. The maximum atomic E-state index is 12.5. The predicted molar refractivity (Wildman–Crippen MR) is 92.5 cm³/mol. The molecule has 1 unspecified atom stereocenters. The van der Waals surface area contributed by atoms with Crippen LogP contribution in [0.3, 0.4) is 0 Å². The lowest BCUT2D eigenvalue weighted by Crippen LogP contribution is -2.58. The summed E-state index contributed by atoms with van der Waals surface area (Å²) >= 11 is 11.9. The zero-order chi connectivity index (χ0) is 17.7. The second-order valence-electron chi connectivity index (χ2n) is 5.96. The van der Waals surface area contributed by atoms with E-state index >= 15 is 0 Å². The van der Waals surface area contributed by atoms with E-state index in [9.17, 15) is 9.59 Å². The van der Waals surface area contributed by atoms with Gasteiger partial charge in [-0.05, 0) is 38.0 Å². The van der Waals surface area contributed by atoms with Crippen molar-refractivity contribution in [2.75, 3.05) is 7.11 Å². The molecule has 2 rings (SSSR count). The van der Waals surface area contributed by atoms with Crippen LogP contribution in [0.2, 0.25) is 10.0 Å². The van der Waals surface area contributed by atoms with Crippen molar-refractivity contribution >= 4 is 35.1 Å². The monoisotopic (exact) mass is 373 g/mol. The van der Waals surface area contributed by atoms with Gasteiger partial charge in [0.2, 0.25) is 0 Å². The van der Waals surface area contributed by atoms with Gasteiger partial charge in [-0.25, -0.2) is 4.79 Å². The van der Waals surface area contributed by atoms with Crippen LogP contribution in [0.1, 0.15) is 39.0 Å². The van der Waals surface area contributed by atoms with Crippen LogP contribution >= 0.6 is 23.2 Å². The molecule has 1 aliphatic rings. The number of esters is 1. The fraction of sp³-hybridized carbons (Fsp3) is 0.529. The van der Waals surface area contributed by atoms with Gasteiger partial charge in [-0.2, -0.15) is 0 Å². The van der Waals surface area contributed by atoms with Crippen molar-refractivity contribution in [2.45, 2.75) is 50.7 Å². The molecule has 24 heavy (non-hydrogen) atoms. The molecule has 1 aromatic rings. The van der Waals surface area contributed by atoms with Crippen LogP contribution in [-0.2, 0) is 14.3 Å². The summed E-state index contributed by atoms with van der Waals surface area (Å²) in [5.41, 5.74) is -0.967. The van der Waals surface area contributed by atoms with Crippen molar-refractivity contribution < 1.29 is 19.1 Å². The molecule has 0 bridgehead atoms. The largest absolute Gasteiger partial charge is 0.479 e. The molecule has 0 radical (unpaired) electrons. The SMILES string of the molecule is COC(=O)C1(NC(=O)C(C)Oc2ccc(Cl)cc2Cl)CCCCC1. The second kappa shape index (κ2) is 8.08. The minimum absolute atomic E-state index is 0.322. The van der Waals surface area contributed by atoms with Crippen molar-refractivity contribution in [3.8, 4) is 5.75 Å². The van der Waals surface area contributed by atoms with Crippen LogP contribution < -0.4 is 10.1 Å². The van der Waals surface area contributed by atoms with Crippen LogP contribution in [0.5, 0.6) is 5.75 Å². The second-order valence-corrected chi connectivity index (χ2v) is 6.80. The van der Waals surface area contributed by atoms with Gasteiger partial charge < -0.3 is 14.8 Å². The first-order valence-electron chi connectivity index (χ1n) is 7.90. The molecule has 0 aromatic heterocycles. The molecular formula is C17H21Cl2NO4. The molecule has 1 saturated carbocycles. The Balaban J connectivity index is 2.07. The summed E-state index contributed by atoms with van der Waals surface area (Å²) < 4.78 is 10.5. The molecule has 1 N–H and O–H groups in total. The van der Waals surface area contributed by atoms with Gasteiger partial charge in [-0.15, -0.1) is 0 Å². The predicted octanol–water partition coefficient (Wildman–Crippen LogP) is 3.75. The molecule has 0 aliphatic heterocycles. The number of amides is 1. The van der Waals surface area contributed by atoms with Crippen LogP contribution in [0, 0.1) is 0 Å². The highest BCUT2D eigenvalue weighted by Crippen LogP contribution is 2.31. The van der Waals surface area contributed by atoms with Crippen molar-refractivity contribution in [3.05, 3.63) is 28.2 Å². The highest BCUT2D eigenvalue weighted by Gasteiger charge is 2.42. The number of hydrogen-bond donors (Lipinski definition) is 1. The molecule has 5 nitrogen and oxygen atoms in total. The summed E-state index contributed by atoms with van der Waals surface area (Å²) in [6, 6.07) is 4.77. The number of nitrogens with one attached hydrogen (secondary N) is 1. The summed E-state index contributed by atoms with van der Waals surface area (Å²) in [6.07, 6.45) is 3.11. The lowest BCUT2D eigenvalue weighted by molar-refractivity contribution is -0.153. The van der Waals surface area contributed by atoms with E-state index in [0.717, 1.165) is 19.3 Å². The number of halogens is 2. The van der Waals surface area contributed by atoms with E-state index in [4.69, 9.17) is 32.7 Å². The Labute approximate surface area is 151 Å². The highest BCUT2D eigenvalue weighted by molar-refractivity contribution is 6.35. The van der Waals surface area contributed by atoms with E-state index in [-0.39, 0.29) is 5.91 Å². The van der Waals surface area contributed by atoms with E-state index in [1.807, 2.05) is 0 Å². The van der Waals surface area contributed by atoms with Gasteiger partial charge in [0.15, 0.2) is 6.10 Å². The standard InChI is InChI=1S/C17H21Cl2NO4/c1-11(24-14-7-6-12(18)10-13(14)19)15(21)20-17(16(22)23-2)8-4-3-5-9-17/h6-7,10-11H,3-5,8-9H2,1-2H3,(H,20,21). The molecule has 0 spiro atoms. The van der Waals surface area contributed by atoms with Gasteiger partial charge in [0.25, 0.3) is 5.91 Å². The minimum Gasteiger partial charge on any atom is -0.479 e. The molecule has 1 atom stereocenters. The first-order valence-corrected chi connectivity index (χ1v) is 8.66. The van der Waals surface area contributed by atoms with Gasteiger partial charge in [-0.1, -0.05) is 42.5 Å². The maximum absolute atomic E-state index is 12.5. The van der Waals surface area contributed by atoms with Gasteiger partial charge >= 0.3 is 5.97 Å². The van der Waals surface area contributed by atoms with E-state index in [2.05, 4.69) is 5.32 Å². The topological polar surface area (TPSA) is 64.6 Å². The number of ether oxygens (including phenoxy) is 2. The number of benzene rings is 1. The number of hydrogen-bond acceptors (Lipinski definition) is 4. The Morgan fingerprint density at radius 3 is 2.46 bits per heavy atom. The van der Waals surface area contributed by atoms with E-state index < -0.39 is 17.6 Å². The third kappa shape index (κ3) is 4.33. The van der Waals surface area contributed by atoms with E-state index in [1.165, 1.54) is 7.11 Å². The molecule has 1 aliphatic carbocycles. The van der Waals surface area contributed by atoms with Gasteiger partial charge in [0.1, 0.15) is 11.3 Å². The summed E-state index contributed by atoms with van der Waals surface area (Å²) in [5.74, 6) is -0.430. The summed E-state index contributed by atoms with van der Waals surface area (Å²) in [7, 11) is 1.33. The Morgan fingerprint density at radius 1 is 1.21 bits per heavy atom. The first-order chi connectivity index (χ1) is 11.4. The van der Waals surface area contributed by atoms with Gasteiger partial charge in [0, 0.05) is 5.02 Å². The molecule has 1 fully saturated rings. The average Bonchev–Trinajstić information content (AvgIpc) is 2.57. The van der Waals surface area contributed by atoms with Crippen molar-refractivity contribution in [3.63, 3.8) is 0 Å². The fourth-order valence-electron chi connectivity index (χ4n) is 2.88. The summed E-state index contributed by atoms with van der Waals surface area (Å²) in [6.45, 7) is 1.61. The third-order valence-electron chi connectivity index (χ3n) is 4.21. The Bertz CT molecular complexity index is 615. The number of carbonyl (C=O) groups excluding carboxylic acids is 2. The fourth-order valence-corrected chi connectivity index (χ4v) is 3.34. The van der Waals surface area contributed by atoms with E-state index in [0.29, 0.717) is 28.6 Å². The van der Waals surface area contributed by atoms with Crippen LogP contribution in [-0.4, -0.2) is 30.6 Å². The number of carbonyl (C=O) groups is 2. The van der Waals surface area contributed by atoms with E-state index in [1.54, 1.807) is 25.1 Å². The molecule has 0 heterocycles.